The smallest absolute Gasteiger partial charge is 0.119 e. The molecule has 33 heavy (non-hydrogen) atoms. The van der Waals surface area contributed by atoms with Gasteiger partial charge in [-0.25, -0.2) is 0 Å². The summed E-state index contributed by atoms with van der Waals surface area (Å²) in [6, 6.07) is 12.3. The van der Waals surface area contributed by atoms with Crippen LogP contribution in [0.3, 0.4) is 0 Å². The third-order valence-electron chi connectivity index (χ3n) is 6.79. The second-order valence-corrected chi connectivity index (χ2v) is 10.1. The fraction of sp³-hybridized carbons (Fsp3) is 0.481. The highest BCUT2D eigenvalue weighted by atomic mass is 32.2. The summed E-state index contributed by atoms with van der Waals surface area (Å²) in [5.74, 6) is 2.99. The molecule has 1 aliphatic heterocycles. The van der Waals surface area contributed by atoms with Crippen LogP contribution >= 0.6 is 11.8 Å². The highest BCUT2D eigenvalue weighted by molar-refractivity contribution is 7.99. The Hall–Kier alpha value is -2.15. The topological polar surface area (TPSA) is 58.5 Å². The van der Waals surface area contributed by atoms with Crippen molar-refractivity contribution >= 4 is 22.7 Å². The lowest BCUT2D eigenvalue weighted by molar-refractivity contribution is 0.0677. The van der Waals surface area contributed by atoms with Gasteiger partial charge in [0.2, 0.25) is 0 Å². The molecule has 2 atom stereocenters. The number of aromatic nitrogens is 2. The first kappa shape index (κ1) is 24.0. The molecule has 0 spiro atoms. The lowest BCUT2D eigenvalue weighted by Crippen LogP contribution is -2.42. The zero-order valence-corrected chi connectivity index (χ0v) is 20.3. The molecule has 0 bridgehead atoms. The summed E-state index contributed by atoms with van der Waals surface area (Å²) < 4.78 is 5.41. The minimum atomic E-state index is 0.293. The Morgan fingerprint density at radius 2 is 2.09 bits per heavy atom. The summed E-state index contributed by atoms with van der Waals surface area (Å²) in [6.07, 6.45) is 11.4. The molecule has 1 aromatic carbocycles. The number of methoxy groups -OCH3 is 1. The van der Waals surface area contributed by atoms with E-state index in [2.05, 4.69) is 33.1 Å². The van der Waals surface area contributed by atoms with Crippen molar-refractivity contribution in [3.8, 4) is 5.75 Å². The molecule has 0 amide bonds. The SMILES string of the molecule is COc1ccc2nccc(CCC[C@@H]3CCN(CCCSc4cccnc4)C[C@@H]3CO)c2c1. The molecule has 3 heterocycles. The Morgan fingerprint density at radius 1 is 1.15 bits per heavy atom. The third-order valence-corrected chi connectivity index (χ3v) is 7.86. The largest absolute Gasteiger partial charge is 0.497 e. The monoisotopic (exact) mass is 465 g/mol. The second kappa shape index (κ2) is 12.4. The van der Waals surface area contributed by atoms with Gasteiger partial charge in [0.15, 0.2) is 0 Å². The number of nitrogens with zero attached hydrogens (tertiary/aromatic N) is 3. The van der Waals surface area contributed by atoms with Gasteiger partial charge >= 0.3 is 0 Å². The van der Waals surface area contributed by atoms with Gasteiger partial charge in [0.05, 0.1) is 12.6 Å². The zero-order valence-electron chi connectivity index (χ0n) is 19.5. The van der Waals surface area contributed by atoms with Gasteiger partial charge in [0, 0.05) is 42.0 Å². The van der Waals surface area contributed by atoms with Crippen molar-refractivity contribution in [2.24, 2.45) is 11.8 Å². The van der Waals surface area contributed by atoms with Gasteiger partial charge in [0.25, 0.3) is 0 Å². The van der Waals surface area contributed by atoms with E-state index in [0.29, 0.717) is 18.4 Å². The van der Waals surface area contributed by atoms with Crippen LogP contribution in [0, 0.1) is 11.8 Å². The highest BCUT2D eigenvalue weighted by Crippen LogP contribution is 2.30. The lowest BCUT2D eigenvalue weighted by atomic mass is 9.82. The van der Waals surface area contributed by atoms with Crippen molar-refractivity contribution in [2.75, 3.05) is 39.1 Å². The number of aliphatic hydroxyl groups excluding tert-OH is 1. The summed E-state index contributed by atoms with van der Waals surface area (Å²) in [7, 11) is 1.71. The van der Waals surface area contributed by atoms with Crippen LogP contribution in [0.4, 0.5) is 0 Å². The number of fused-ring (bicyclic) bond motifs is 1. The molecule has 1 fully saturated rings. The van der Waals surface area contributed by atoms with Crippen LogP contribution in [0.2, 0.25) is 0 Å². The van der Waals surface area contributed by atoms with E-state index in [1.54, 1.807) is 7.11 Å². The van der Waals surface area contributed by atoms with Gasteiger partial charge in [-0.05, 0) is 105 Å². The Bertz CT molecular complexity index is 1000. The number of hydrogen-bond donors (Lipinski definition) is 1. The number of rotatable bonds is 11. The number of pyridine rings is 2. The minimum Gasteiger partial charge on any atom is -0.497 e. The Balaban J connectivity index is 1.22. The predicted octanol–water partition coefficient (Wildman–Crippen LogP) is 5.07. The number of aliphatic hydroxyl groups is 1. The summed E-state index contributed by atoms with van der Waals surface area (Å²) in [5.41, 5.74) is 2.36. The molecule has 0 saturated carbocycles. The third kappa shape index (κ3) is 6.69. The zero-order chi connectivity index (χ0) is 22.9. The number of benzene rings is 1. The van der Waals surface area contributed by atoms with Crippen LogP contribution in [-0.2, 0) is 6.42 Å². The number of hydrogen-bond acceptors (Lipinski definition) is 6. The van der Waals surface area contributed by atoms with Gasteiger partial charge in [-0.3, -0.25) is 9.97 Å². The number of ether oxygens (including phenoxy) is 1. The van der Waals surface area contributed by atoms with E-state index in [-0.39, 0.29) is 0 Å². The lowest BCUT2D eigenvalue weighted by Gasteiger charge is -2.38. The standard InChI is InChI=1S/C27H35N3O2S/c1-32-24-8-9-27-26(17-24)22(10-13-29-27)6-2-5-21-11-15-30(19-23(21)20-31)14-4-16-33-25-7-3-12-28-18-25/h3,7-10,12-13,17-18,21,23,31H,2,4-6,11,14-16,19-20H2,1H3/t21-,23-/m1/s1. The molecule has 1 aliphatic rings. The summed E-state index contributed by atoms with van der Waals surface area (Å²) >= 11 is 1.88. The van der Waals surface area contributed by atoms with Gasteiger partial charge in [-0.15, -0.1) is 11.8 Å². The van der Waals surface area contributed by atoms with Crippen molar-refractivity contribution in [3.05, 3.63) is 60.6 Å². The summed E-state index contributed by atoms with van der Waals surface area (Å²) in [4.78, 5) is 12.5. The van der Waals surface area contributed by atoms with E-state index in [4.69, 9.17) is 4.74 Å². The maximum atomic E-state index is 10.1. The van der Waals surface area contributed by atoms with Crippen LogP contribution in [-0.4, -0.2) is 59.1 Å². The van der Waals surface area contributed by atoms with Crippen LogP contribution in [0.15, 0.2) is 59.9 Å². The van der Waals surface area contributed by atoms with E-state index in [1.807, 2.05) is 48.6 Å². The fourth-order valence-electron chi connectivity index (χ4n) is 4.94. The average molecular weight is 466 g/mol. The van der Waals surface area contributed by atoms with Crippen LogP contribution in [0.1, 0.15) is 31.2 Å². The number of piperidine rings is 1. The van der Waals surface area contributed by atoms with Crippen molar-refractivity contribution in [2.45, 2.75) is 37.0 Å². The first-order chi connectivity index (χ1) is 16.3. The molecule has 5 nitrogen and oxygen atoms in total. The van der Waals surface area contributed by atoms with Crippen molar-refractivity contribution in [3.63, 3.8) is 0 Å². The molecule has 1 N–H and O–H groups in total. The molecule has 4 rings (SSSR count). The minimum absolute atomic E-state index is 0.293. The molecular weight excluding hydrogens is 430 g/mol. The number of likely N-dealkylation sites (tertiary alicyclic amines) is 1. The van der Waals surface area contributed by atoms with Crippen molar-refractivity contribution < 1.29 is 9.84 Å². The molecule has 0 aliphatic carbocycles. The Morgan fingerprint density at radius 3 is 2.91 bits per heavy atom. The normalized spacial score (nSPS) is 19.1. The predicted molar refractivity (Wildman–Crippen MR) is 136 cm³/mol. The van der Waals surface area contributed by atoms with Crippen molar-refractivity contribution in [1.29, 1.82) is 0 Å². The highest BCUT2D eigenvalue weighted by Gasteiger charge is 2.28. The van der Waals surface area contributed by atoms with E-state index in [1.165, 1.54) is 35.1 Å². The van der Waals surface area contributed by atoms with Crippen LogP contribution in [0.25, 0.3) is 10.9 Å². The number of thioether (sulfide) groups is 1. The molecule has 3 aromatic rings. The summed E-state index contributed by atoms with van der Waals surface area (Å²) in [6.45, 7) is 3.57. The average Bonchev–Trinajstić information content (AvgIpc) is 2.87. The van der Waals surface area contributed by atoms with Gasteiger partial charge in [0.1, 0.15) is 5.75 Å². The van der Waals surface area contributed by atoms with E-state index in [0.717, 1.165) is 49.5 Å². The Labute approximate surface area is 201 Å². The fourth-order valence-corrected chi connectivity index (χ4v) is 5.76. The molecule has 6 heteroatoms. The summed E-state index contributed by atoms with van der Waals surface area (Å²) in [5, 5.41) is 11.2. The second-order valence-electron chi connectivity index (χ2n) is 8.93. The Kier molecular flexibility index (Phi) is 8.98. The van der Waals surface area contributed by atoms with Gasteiger partial charge in [-0.1, -0.05) is 0 Å². The maximum Gasteiger partial charge on any atom is 0.119 e. The van der Waals surface area contributed by atoms with Gasteiger partial charge < -0.3 is 14.7 Å². The van der Waals surface area contributed by atoms with Crippen LogP contribution in [0.5, 0.6) is 5.75 Å². The van der Waals surface area contributed by atoms with Crippen molar-refractivity contribution in [1.82, 2.24) is 14.9 Å². The molecule has 2 aromatic heterocycles. The van der Waals surface area contributed by atoms with Gasteiger partial charge in [-0.2, -0.15) is 0 Å². The van der Waals surface area contributed by atoms with Crippen LogP contribution < -0.4 is 4.74 Å². The van der Waals surface area contributed by atoms with E-state index in [9.17, 15) is 5.11 Å². The molecule has 1 saturated heterocycles. The molecule has 0 radical (unpaired) electrons. The molecular formula is C27H35N3O2S. The molecule has 0 unspecified atom stereocenters. The maximum absolute atomic E-state index is 10.1. The quantitative estimate of drug-likeness (QED) is 0.315. The first-order valence-corrected chi connectivity index (χ1v) is 13.0. The van der Waals surface area contributed by atoms with E-state index >= 15 is 0 Å². The molecule has 176 valence electrons. The first-order valence-electron chi connectivity index (χ1n) is 12.0. The number of aryl methyl sites for hydroxylation is 1. The van der Waals surface area contributed by atoms with E-state index < -0.39 is 0 Å².